The molecule has 0 saturated heterocycles. The molecule has 0 fully saturated rings. The van der Waals surface area contributed by atoms with E-state index in [9.17, 15) is 18.8 Å². The molecule has 14 heteroatoms. The molecule has 0 spiro atoms. The topological polar surface area (TPSA) is 127 Å². The lowest BCUT2D eigenvalue weighted by Crippen LogP contribution is -2.42. The van der Waals surface area contributed by atoms with Crippen molar-refractivity contribution in [3.63, 3.8) is 0 Å². The molecule has 4 heterocycles. The Balaban J connectivity index is 1.29. The third-order valence-electron chi connectivity index (χ3n) is 7.08. The molecule has 0 unspecified atom stereocenters. The van der Waals surface area contributed by atoms with Crippen molar-refractivity contribution in [2.75, 3.05) is 18.5 Å². The number of carbonyl (C=O) groups excluding carboxylic acids is 1. The second kappa shape index (κ2) is 12.6. The number of nitrogens with zero attached hydrogens (tertiary/aromatic N) is 6. The molecule has 2 aromatic carbocycles. The van der Waals surface area contributed by atoms with Crippen LogP contribution in [0, 0.1) is 11.6 Å². The standard InChI is InChI=1S/C32H27F2N7O5/c1-3-45-13-12-39-19-25(31(43)41(32(39)44)24-7-4-22(33)5-8-24)30(42)37-23-6-9-28(26(34)15-23)46-29-14-20(21-16-36-38(2)17-21)18-40-27(29)10-11-35-40/h4-11,14-19H,3,12-13H2,1-2H3,(H,37,42). The SMILES string of the molecule is CCOCCn1cc(C(=O)Nc2ccc(Oc3cc(-c4cnn(C)c4)cn4nccc34)c(F)c2)c(=O)n(-c2ccc(F)cc2)c1=O. The first-order valence-corrected chi connectivity index (χ1v) is 14.2. The van der Waals surface area contributed by atoms with E-state index in [2.05, 4.69) is 15.5 Å². The smallest absolute Gasteiger partial charge is 0.335 e. The number of benzene rings is 2. The molecule has 0 radical (unpaired) electrons. The first kappa shape index (κ1) is 30.1. The maximum Gasteiger partial charge on any atom is 0.335 e. The molecule has 0 aliphatic heterocycles. The number of ether oxygens (including phenoxy) is 2. The van der Waals surface area contributed by atoms with E-state index in [4.69, 9.17) is 9.47 Å². The first-order chi connectivity index (χ1) is 22.2. The van der Waals surface area contributed by atoms with Crippen LogP contribution in [-0.4, -0.2) is 47.6 Å². The molecule has 0 bridgehead atoms. The highest BCUT2D eigenvalue weighted by Crippen LogP contribution is 2.33. The summed E-state index contributed by atoms with van der Waals surface area (Å²) in [6.45, 7) is 2.37. The van der Waals surface area contributed by atoms with Crippen molar-refractivity contribution in [3.05, 3.63) is 124 Å². The fraction of sp³-hybridized carbons (Fsp3) is 0.156. The number of rotatable bonds is 10. The maximum absolute atomic E-state index is 15.4. The highest BCUT2D eigenvalue weighted by atomic mass is 19.1. The van der Waals surface area contributed by atoms with Gasteiger partial charge in [-0.25, -0.2) is 22.7 Å². The van der Waals surface area contributed by atoms with E-state index < -0.39 is 34.4 Å². The minimum Gasteiger partial charge on any atom is -0.452 e. The molecule has 6 rings (SSSR count). The molecule has 0 aliphatic rings. The van der Waals surface area contributed by atoms with Crippen molar-refractivity contribution in [3.8, 4) is 28.3 Å². The van der Waals surface area contributed by atoms with Crippen LogP contribution in [0.5, 0.6) is 11.5 Å². The molecule has 0 atom stereocenters. The Kier molecular flexibility index (Phi) is 8.27. The van der Waals surface area contributed by atoms with Crippen molar-refractivity contribution in [2.45, 2.75) is 13.5 Å². The second-order valence-electron chi connectivity index (χ2n) is 10.2. The Morgan fingerprint density at radius 3 is 2.46 bits per heavy atom. The number of fused-ring (bicyclic) bond motifs is 1. The van der Waals surface area contributed by atoms with Gasteiger partial charge in [-0.15, -0.1) is 0 Å². The van der Waals surface area contributed by atoms with Crippen LogP contribution in [0.25, 0.3) is 22.3 Å². The second-order valence-corrected chi connectivity index (χ2v) is 10.2. The van der Waals surface area contributed by atoms with E-state index in [1.807, 2.05) is 6.20 Å². The number of halogens is 2. The molecule has 0 aliphatic carbocycles. The lowest BCUT2D eigenvalue weighted by atomic mass is 10.1. The lowest BCUT2D eigenvalue weighted by Gasteiger charge is -2.14. The van der Waals surface area contributed by atoms with Gasteiger partial charge < -0.3 is 14.8 Å². The van der Waals surface area contributed by atoms with Gasteiger partial charge in [-0.05, 0) is 55.5 Å². The van der Waals surface area contributed by atoms with Crippen molar-refractivity contribution in [1.29, 1.82) is 0 Å². The Bertz CT molecular complexity index is 2180. The highest BCUT2D eigenvalue weighted by Gasteiger charge is 2.20. The van der Waals surface area contributed by atoms with Gasteiger partial charge in [-0.3, -0.25) is 18.8 Å². The molecular weight excluding hydrogens is 600 g/mol. The predicted molar refractivity (Wildman–Crippen MR) is 165 cm³/mol. The average molecular weight is 628 g/mol. The molecule has 1 N–H and O–H groups in total. The largest absolute Gasteiger partial charge is 0.452 e. The van der Waals surface area contributed by atoms with Crippen LogP contribution >= 0.6 is 0 Å². The van der Waals surface area contributed by atoms with E-state index >= 15 is 4.39 Å². The van der Waals surface area contributed by atoms with Crippen molar-refractivity contribution < 1.29 is 23.0 Å². The Morgan fingerprint density at radius 2 is 1.74 bits per heavy atom. The number of carbonyl (C=O) groups is 1. The van der Waals surface area contributed by atoms with Crippen molar-refractivity contribution >= 4 is 17.1 Å². The number of pyridine rings is 1. The number of hydrogen-bond donors (Lipinski definition) is 1. The Morgan fingerprint density at radius 1 is 0.935 bits per heavy atom. The Labute approximate surface area is 259 Å². The van der Waals surface area contributed by atoms with Crippen molar-refractivity contribution in [1.82, 2.24) is 28.5 Å². The summed E-state index contributed by atoms with van der Waals surface area (Å²) in [7, 11) is 1.80. The number of amides is 1. The zero-order valence-electron chi connectivity index (χ0n) is 24.7. The van der Waals surface area contributed by atoms with E-state index in [-0.39, 0.29) is 30.3 Å². The highest BCUT2D eigenvalue weighted by molar-refractivity contribution is 6.03. The number of aryl methyl sites for hydroxylation is 1. The van der Waals surface area contributed by atoms with Gasteiger partial charge in [0.2, 0.25) is 0 Å². The Hall–Kier alpha value is -5.89. The van der Waals surface area contributed by atoms with Crippen LogP contribution in [0.15, 0.2) is 95.2 Å². The number of anilines is 1. The summed E-state index contributed by atoms with van der Waals surface area (Å²) in [4.78, 5) is 39.9. The van der Waals surface area contributed by atoms with Gasteiger partial charge >= 0.3 is 5.69 Å². The van der Waals surface area contributed by atoms with Crippen LogP contribution in [0.4, 0.5) is 14.5 Å². The van der Waals surface area contributed by atoms with E-state index in [1.54, 1.807) is 53.9 Å². The van der Waals surface area contributed by atoms with Crippen molar-refractivity contribution in [2.24, 2.45) is 7.05 Å². The fourth-order valence-electron chi connectivity index (χ4n) is 4.83. The molecular formula is C32H27F2N7O5. The molecule has 46 heavy (non-hydrogen) atoms. The monoisotopic (exact) mass is 627 g/mol. The van der Waals surface area contributed by atoms with Gasteiger partial charge in [0, 0.05) is 55.1 Å². The van der Waals surface area contributed by atoms with Gasteiger partial charge in [0.15, 0.2) is 17.3 Å². The van der Waals surface area contributed by atoms with Crippen LogP contribution in [0.3, 0.4) is 0 Å². The molecule has 6 aromatic rings. The summed E-state index contributed by atoms with van der Waals surface area (Å²) < 4.78 is 45.4. The lowest BCUT2D eigenvalue weighted by molar-refractivity contribution is 0.102. The third-order valence-corrected chi connectivity index (χ3v) is 7.08. The predicted octanol–water partition coefficient (Wildman–Crippen LogP) is 4.41. The normalized spacial score (nSPS) is 11.2. The van der Waals surface area contributed by atoms with E-state index in [0.29, 0.717) is 17.9 Å². The van der Waals surface area contributed by atoms with Gasteiger partial charge in [0.1, 0.15) is 16.9 Å². The quantitative estimate of drug-likeness (QED) is 0.223. The number of hydrogen-bond acceptors (Lipinski definition) is 7. The van der Waals surface area contributed by atoms with Gasteiger partial charge in [-0.2, -0.15) is 10.2 Å². The number of aromatic nitrogens is 6. The van der Waals surface area contributed by atoms with E-state index in [1.165, 1.54) is 24.3 Å². The zero-order chi connectivity index (χ0) is 32.4. The fourth-order valence-corrected chi connectivity index (χ4v) is 4.83. The average Bonchev–Trinajstić information content (AvgIpc) is 3.70. The van der Waals surface area contributed by atoms with Gasteiger partial charge in [0.25, 0.3) is 11.5 Å². The summed E-state index contributed by atoms with van der Waals surface area (Å²) in [6.07, 6.45) is 8.03. The minimum atomic E-state index is -0.930. The summed E-state index contributed by atoms with van der Waals surface area (Å²) in [6, 6.07) is 12.0. The van der Waals surface area contributed by atoms with Crippen LogP contribution in [-0.2, 0) is 18.3 Å². The zero-order valence-corrected chi connectivity index (χ0v) is 24.7. The number of nitrogens with one attached hydrogen (secondary N) is 1. The van der Waals surface area contributed by atoms with Crippen LogP contribution in [0.1, 0.15) is 17.3 Å². The summed E-state index contributed by atoms with van der Waals surface area (Å²) >= 11 is 0. The summed E-state index contributed by atoms with van der Waals surface area (Å²) in [5.41, 5.74) is 0.207. The maximum atomic E-state index is 15.4. The summed E-state index contributed by atoms with van der Waals surface area (Å²) in [5, 5.41) is 11.0. The molecule has 12 nitrogen and oxygen atoms in total. The first-order valence-electron chi connectivity index (χ1n) is 14.2. The molecule has 0 saturated carbocycles. The van der Waals surface area contributed by atoms with Crippen LogP contribution < -0.4 is 21.3 Å². The third kappa shape index (κ3) is 6.05. The van der Waals surface area contributed by atoms with Gasteiger partial charge in [0.05, 0.1) is 31.2 Å². The molecule has 234 valence electrons. The molecule has 4 aromatic heterocycles. The van der Waals surface area contributed by atoms with E-state index in [0.717, 1.165) is 44.7 Å². The van der Waals surface area contributed by atoms with Crippen LogP contribution in [0.2, 0.25) is 0 Å². The molecule has 1 amide bonds. The van der Waals surface area contributed by atoms with Gasteiger partial charge in [-0.1, -0.05) is 0 Å². The summed E-state index contributed by atoms with van der Waals surface area (Å²) in [5.74, 6) is -2.01. The minimum absolute atomic E-state index is 0.0354.